The predicted octanol–water partition coefficient (Wildman–Crippen LogP) is 0.558. The van der Waals surface area contributed by atoms with Gasteiger partial charge in [-0.05, 0) is 0 Å². The second-order valence-corrected chi connectivity index (χ2v) is 4.45. The van der Waals surface area contributed by atoms with Gasteiger partial charge >= 0.3 is 11.9 Å². The van der Waals surface area contributed by atoms with Crippen LogP contribution in [-0.4, -0.2) is 47.8 Å². The van der Waals surface area contributed by atoms with Gasteiger partial charge in [-0.25, -0.2) is 0 Å². The highest BCUT2D eigenvalue weighted by molar-refractivity contribution is 7.99. The molecule has 0 spiro atoms. The third-order valence-electron chi connectivity index (χ3n) is 1.69. The second kappa shape index (κ2) is 8.72. The zero-order chi connectivity index (χ0) is 12.6. The van der Waals surface area contributed by atoms with Crippen LogP contribution in [0.15, 0.2) is 0 Å². The Morgan fingerprint density at radius 3 is 1.69 bits per heavy atom. The minimum absolute atomic E-state index is 0.271. The third kappa shape index (κ3) is 8.87. The van der Waals surface area contributed by atoms with Crippen molar-refractivity contribution in [1.29, 1.82) is 0 Å². The van der Waals surface area contributed by atoms with Gasteiger partial charge in [-0.3, -0.25) is 14.5 Å². The van der Waals surface area contributed by atoms with Gasteiger partial charge in [-0.1, -0.05) is 0 Å². The van der Waals surface area contributed by atoms with Crippen molar-refractivity contribution in [3.05, 3.63) is 0 Å². The van der Waals surface area contributed by atoms with Crippen LogP contribution in [-0.2, 0) is 19.1 Å². The number of carbonyl (C=O) groups is 2. The lowest BCUT2D eigenvalue weighted by atomic mass is 10.5. The number of esters is 2. The molecule has 0 aromatic carbocycles. The summed E-state index contributed by atoms with van der Waals surface area (Å²) in [7, 11) is 0. The minimum atomic E-state index is -0.324. The minimum Gasteiger partial charge on any atom is -0.465 e. The van der Waals surface area contributed by atoms with Crippen molar-refractivity contribution in [3.8, 4) is 0 Å². The summed E-state index contributed by atoms with van der Waals surface area (Å²) in [6, 6.07) is 0. The van der Waals surface area contributed by atoms with E-state index < -0.39 is 0 Å². The van der Waals surface area contributed by atoms with Gasteiger partial charge < -0.3 is 9.47 Å². The van der Waals surface area contributed by atoms with Crippen LogP contribution in [0.1, 0.15) is 13.8 Å². The van der Waals surface area contributed by atoms with E-state index in [9.17, 15) is 9.59 Å². The highest BCUT2D eigenvalue weighted by Crippen LogP contribution is 2.07. The van der Waals surface area contributed by atoms with E-state index in [-0.39, 0.29) is 29.9 Å². The standard InChI is InChI=1S/C9H17NO4S2/c1-7(11)13-5-3-10(9(15)16)4-6-14-8(2)12/h9,15-16H,3-6H2,1-2H3. The number of nitrogens with zero attached hydrogens (tertiary/aromatic N) is 1. The first kappa shape index (κ1) is 15.6. The molecule has 0 aliphatic carbocycles. The number of thiol groups is 2. The zero-order valence-electron chi connectivity index (χ0n) is 9.38. The molecule has 0 aliphatic heterocycles. The van der Waals surface area contributed by atoms with E-state index in [0.717, 1.165) is 0 Å². The Bertz CT molecular complexity index is 216. The summed E-state index contributed by atoms with van der Waals surface area (Å²) in [5, 5.41) is 0. The van der Waals surface area contributed by atoms with Crippen molar-refractivity contribution in [2.75, 3.05) is 26.3 Å². The number of carbonyl (C=O) groups excluding carboxylic acids is 2. The molecule has 0 bridgehead atoms. The molecule has 0 unspecified atom stereocenters. The fraction of sp³-hybridized carbons (Fsp3) is 0.778. The monoisotopic (exact) mass is 267 g/mol. The topological polar surface area (TPSA) is 55.8 Å². The summed E-state index contributed by atoms with van der Waals surface area (Å²) < 4.78 is 9.30. The molecule has 0 aliphatic rings. The van der Waals surface area contributed by atoms with Crippen LogP contribution >= 0.6 is 25.3 Å². The van der Waals surface area contributed by atoms with Crippen LogP contribution < -0.4 is 0 Å². The van der Waals surface area contributed by atoms with Crippen LogP contribution in [0.2, 0.25) is 0 Å². The molecule has 0 fully saturated rings. The van der Waals surface area contributed by atoms with E-state index in [1.807, 2.05) is 4.90 Å². The number of rotatable bonds is 7. The van der Waals surface area contributed by atoms with Gasteiger partial charge in [0.2, 0.25) is 0 Å². The Hall–Kier alpha value is -0.400. The molecule has 0 amide bonds. The fourth-order valence-electron chi connectivity index (χ4n) is 0.956. The zero-order valence-corrected chi connectivity index (χ0v) is 11.2. The average Bonchev–Trinajstić information content (AvgIpc) is 2.14. The van der Waals surface area contributed by atoms with Crippen molar-refractivity contribution in [2.24, 2.45) is 0 Å². The maximum absolute atomic E-state index is 10.6. The van der Waals surface area contributed by atoms with Gasteiger partial charge in [-0.15, -0.1) is 25.3 Å². The van der Waals surface area contributed by atoms with Gasteiger partial charge in [-0.2, -0.15) is 0 Å². The number of ether oxygens (including phenoxy) is 2. The lowest BCUT2D eigenvalue weighted by molar-refractivity contribution is -0.141. The van der Waals surface area contributed by atoms with Crippen molar-refractivity contribution in [2.45, 2.75) is 18.6 Å². The maximum atomic E-state index is 10.6. The van der Waals surface area contributed by atoms with E-state index in [1.54, 1.807) is 0 Å². The molecule has 0 heterocycles. The highest BCUT2D eigenvalue weighted by Gasteiger charge is 2.11. The Balaban J connectivity index is 3.79. The summed E-state index contributed by atoms with van der Waals surface area (Å²) >= 11 is 8.30. The second-order valence-electron chi connectivity index (χ2n) is 3.06. The van der Waals surface area contributed by atoms with E-state index in [2.05, 4.69) is 25.3 Å². The Morgan fingerprint density at radius 1 is 1.06 bits per heavy atom. The first-order valence-electron chi connectivity index (χ1n) is 4.80. The summed E-state index contributed by atoms with van der Waals surface area (Å²) in [6.45, 7) is 4.24. The van der Waals surface area contributed by atoms with Gasteiger partial charge in [0.25, 0.3) is 0 Å². The summed E-state index contributed by atoms with van der Waals surface area (Å²) in [6.07, 6.45) is 0. The smallest absolute Gasteiger partial charge is 0.302 e. The molecule has 0 aromatic rings. The molecular formula is C9H17NO4S2. The van der Waals surface area contributed by atoms with Crippen LogP contribution in [0, 0.1) is 0 Å². The van der Waals surface area contributed by atoms with Crippen LogP contribution in [0.4, 0.5) is 0 Å². The molecule has 0 atom stereocenters. The average molecular weight is 267 g/mol. The van der Waals surface area contributed by atoms with Gasteiger partial charge in [0.15, 0.2) is 0 Å². The molecular weight excluding hydrogens is 250 g/mol. The summed E-state index contributed by atoms with van der Waals surface area (Å²) in [4.78, 5) is 22.9. The Labute approximate surface area is 106 Å². The Morgan fingerprint density at radius 2 is 1.44 bits per heavy atom. The van der Waals surface area contributed by atoms with Crippen molar-refractivity contribution in [3.63, 3.8) is 0 Å². The highest BCUT2D eigenvalue weighted by atomic mass is 32.2. The van der Waals surface area contributed by atoms with E-state index in [1.165, 1.54) is 13.8 Å². The lowest BCUT2D eigenvalue weighted by Crippen LogP contribution is -2.35. The largest absolute Gasteiger partial charge is 0.465 e. The number of hydrogen-bond acceptors (Lipinski definition) is 7. The van der Waals surface area contributed by atoms with Gasteiger partial charge in [0, 0.05) is 26.9 Å². The van der Waals surface area contributed by atoms with Gasteiger partial charge in [0.05, 0.1) is 4.71 Å². The van der Waals surface area contributed by atoms with Crippen LogP contribution in [0.3, 0.4) is 0 Å². The molecule has 0 aromatic heterocycles. The molecule has 0 rings (SSSR count). The maximum Gasteiger partial charge on any atom is 0.302 e. The van der Waals surface area contributed by atoms with Crippen LogP contribution in [0.5, 0.6) is 0 Å². The molecule has 16 heavy (non-hydrogen) atoms. The van der Waals surface area contributed by atoms with E-state index in [4.69, 9.17) is 9.47 Å². The molecule has 0 N–H and O–H groups in total. The summed E-state index contributed by atoms with van der Waals surface area (Å²) in [5.41, 5.74) is 0. The predicted molar refractivity (Wildman–Crippen MR) is 66.6 cm³/mol. The molecule has 94 valence electrons. The first-order chi connectivity index (χ1) is 7.43. The van der Waals surface area contributed by atoms with Gasteiger partial charge in [0.1, 0.15) is 13.2 Å². The first-order valence-corrected chi connectivity index (χ1v) is 5.83. The van der Waals surface area contributed by atoms with E-state index in [0.29, 0.717) is 13.1 Å². The molecule has 0 saturated carbocycles. The molecule has 0 radical (unpaired) electrons. The quantitative estimate of drug-likeness (QED) is 0.401. The van der Waals surface area contributed by atoms with Crippen molar-refractivity contribution < 1.29 is 19.1 Å². The van der Waals surface area contributed by atoms with Crippen molar-refractivity contribution >= 4 is 37.2 Å². The number of hydrogen-bond donors (Lipinski definition) is 2. The van der Waals surface area contributed by atoms with Crippen LogP contribution in [0.25, 0.3) is 0 Å². The molecule has 0 saturated heterocycles. The summed E-state index contributed by atoms with van der Waals surface area (Å²) in [5.74, 6) is -0.648. The molecule has 5 nitrogen and oxygen atoms in total. The van der Waals surface area contributed by atoms with Crippen molar-refractivity contribution in [1.82, 2.24) is 4.90 Å². The van der Waals surface area contributed by atoms with E-state index >= 15 is 0 Å². The Kier molecular flexibility index (Phi) is 8.50. The third-order valence-corrected chi connectivity index (χ3v) is 2.35. The lowest BCUT2D eigenvalue weighted by Gasteiger charge is -2.24. The molecule has 7 heteroatoms. The fourth-order valence-corrected chi connectivity index (χ4v) is 1.42. The normalized spacial score (nSPS) is 10.6. The SMILES string of the molecule is CC(=O)OCCN(CCOC(C)=O)C(S)S.